The van der Waals surface area contributed by atoms with Gasteiger partial charge in [0.15, 0.2) is 5.78 Å². The van der Waals surface area contributed by atoms with Gasteiger partial charge >= 0.3 is 0 Å². The lowest BCUT2D eigenvalue weighted by molar-refractivity contribution is 0.104. The molecule has 2 aromatic carbocycles. The van der Waals surface area contributed by atoms with Gasteiger partial charge in [0.05, 0.1) is 6.26 Å². The molecule has 2 aromatic rings. The Hall–Kier alpha value is -2.61. The van der Waals surface area contributed by atoms with Gasteiger partial charge in [-0.3, -0.25) is 4.79 Å². The second kappa shape index (κ2) is 6.53. The molecule has 0 N–H and O–H groups in total. The maximum atomic E-state index is 12.0. The summed E-state index contributed by atoms with van der Waals surface area (Å²) in [4.78, 5) is 12.0. The summed E-state index contributed by atoms with van der Waals surface area (Å²) >= 11 is 0. The van der Waals surface area contributed by atoms with E-state index in [9.17, 15) is 4.79 Å². The molecule has 0 bridgehead atoms. The molecule has 0 amide bonds. The highest BCUT2D eigenvalue weighted by Crippen LogP contribution is 2.15. The number of hydrogen-bond donors (Lipinski definition) is 0. The smallest absolute Gasteiger partial charge is 0.185 e. The lowest BCUT2D eigenvalue weighted by Crippen LogP contribution is -1.94. The molecule has 2 nitrogen and oxygen atoms in total. The molecule has 0 heterocycles. The zero-order chi connectivity index (χ0) is 14.4. The number of hydrogen-bond acceptors (Lipinski definition) is 2. The summed E-state index contributed by atoms with van der Waals surface area (Å²) in [5, 5.41) is 0. The Balaban J connectivity index is 2.14. The minimum Gasteiger partial charge on any atom is -0.466 e. The van der Waals surface area contributed by atoms with E-state index in [-0.39, 0.29) is 5.78 Å². The quantitative estimate of drug-likeness (QED) is 0.454. The lowest BCUT2D eigenvalue weighted by atomic mass is 10.1. The van der Waals surface area contributed by atoms with E-state index in [0.717, 1.165) is 11.1 Å². The first-order chi connectivity index (χ1) is 9.69. The van der Waals surface area contributed by atoms with Crippen LogP contribution in [0, 0.1) is 6.92 Å². The molecule has 0 saturated carbocycles. The van der Waals surface area contributed by atoms with E-state index in [4.69, 9.17) is 4.74 Å². The highest BCUT2D eigenvalue weighted by Gasteiger charge is 2.01. The van der Waals surface area contributed by atoms with E-state index in [1.165, 1.54) is 6.26 Å². The molecule has 0 spiro atoms. The van der Waals surface area contributed by atoms with Gasteiger partial charge < -0.3 is 4.74 Å². The summed E-state index contributed by atoms with van der Waals surface area (Å²) in [6, 6.07) is 15.0. The number of rotatable bonds is 5. The number of ether oxygens (including phenoxy) is 1. The summed E-state index contributed by atoms with van der Waals surface area (Å²) in [7, 11) is 0. The fourth-order valence-electron chi connectivity index (χ4n) is 1.85. The van der Waals surface area contributed by atoms with Crippen molar-refractivity contribution in [3.63, 3.8) is 0 Å². The van der Waals surface area contributed by atoms with Crippen LogP contribution >= 0.6 is 0 Å². The molecule has 0 radical (unpaired) electrons. The highest BCUT2D eigenvalue weighted by molar-refractivity contribution is 6.06. The van der Waals surface area contributed by atoms with Crippen molar-refractivity contribution in [1.82, 2.24) is 0 Å². The Labute approximate surface area is 119 Å². The second-order valence-corrected chi connectivity index (χ2v) is 4.42. The van der Waals surface area contributed by atoms with Crippen LogP contribution in [-0.4, -0.2) is 5.78 Å². The molecular weight excluding hydrogens is 248 g/mol. The van der Waals surface area contributed by atoms with Crippen molar-refractivity contribution in [2.24, 2.45) is 0 Å². The maximum Gasteiger partial charge on any atom is 0.185 e. The largest absolute Gasteiger partial charge is 0.466 e. The van der Waals surface area contributed by atoms with Crippen LogP contribution < -0.4 is 4.74 Å². The van der Waals surface area contributed by atoms with Crippen LogP contribution in [0.2, 0.25) is 0 Å². The molecule has 0 aliphatic heterocycles. The van der Waals surface area contributed by atoms with Gasteiger partial charge in [-0.25, -0.2) is 0 Å². The number of allylic oxidation sites excluding steroid dienone is 1. The summed E-state index contributed by atoms with van der Waals surface area (Å²) < 4.78 is 5.20. The average molecular weight is 264 g/mol. The fraction of sp³-hybridized carbons (Fsp3) is 0.0556. The van der Waals surface area contributed by atoms with Crippen LogP contribution in [0.3, 0.4) is 0 Å². The minimum absolute atomic E-state index is 0.0104. The fourth-order valence-corrected chi connectivity index (χ4v) is 1.85. The maximum absolute atomic E-state index is 12.0. The van der Waals surface area contributed by atoms with Gasteiger partial charge in [-0.2, -0.15) is 0 Å². The van der Waals surface area contributed by atoms with Crippen LogP contribution in [0.1, 0.15) is 21.5 Å². The molecule has 0 aromatic heterocycles. The van der Waals surface area contributed by atoms with Crippen molar-refractivity contribution >= 4 is 11.9 Å². The van der Waals surface area contributed by atoms with E-state index >= 15 is 0 Å². The van der Waals surface area contributed by atoms with Crippen LogP contribution in [0.25, 0.3) is 6.08 Å². The monoisotopic (exact) mass is 264 g/mol. The molecule has 0 unspecified atom stereocenters. The van der Waals surface area contributed by atoms with Crippen LogP contribution in [0.5, 0.6) is 5.75 Å². The van der Waals surface area contributed by atoms with Crippen molar-refractivity contribution in [2.45, 2.75) is 6.92 Å². The molecule has 100 valence electrons. The van der Waals surface area contributed by atoms with Crippen LogP contribution in [-0.2, 0) is 0 Å². The molecular formula is C18H16O2. The van der Waals surface area contributed by atoms with E-state index < -0.39 is 0 Å². The van der Waals surface area contributed by atoms with Gasteiger partial charge in [0, 0.05) is 5.56 Å². The normalized spacial score (nSPS) is 10.4. The SMILES string of the molecule is C=COc1cccc(/C=C/C(=O)c2cccc(C)c2)c1. The number of benzene rings is 2. The van der Waals surface area contributed by atoms with Crippen LogP contribution in [0.15, 0.2) is 67.4 Å². The molecule has 2 heteroatoms. The average Bonchev–Trinajstić information content (AvgIpc) is 2.45. The van der Waals surface area contributed by atoms with Crippen molar-refractivity contribution in [3.8, 4) is 5.75 Å². The summed E-state index contributed by atoms with van der Waals surface area (Å²) in [6.07, 6.45) is 4.73. The predicted molar refractivity (Wildman–Crippen MR) is 81.8 cm³/mol. The Morgan fingerprint density at radius 2 is 1.95 bits per heavy atom. The standard InChI is InChI=1S/C18H16O2/c1-3-20-17-9-5-7-15(13-17)10-11-18(19)16-8-4-6-14(2)12-16/h3-13H,1H2,2H3/b11-10+. The zero-order valence-corrected chi connectivity index (χ0v) is 11.4. The minimum atomic E-state index is -0.0104. The topological polar surface area (TPSA) is 26.3 Å². The summed E-state index contributed by atoms with van der Waals surface area (Å²) in [5.74, 6) is 0.689. The lowest BCUT2D eigenvalue weighted by Gasteiger charge is -2.01. The summed E-state index contributed by atoms with van der Waals surface area (Å²) in [6.45, 7) is 5.48. The molecule has 0 saturated heterocycles. The third kappa shape index (κ3) is 3.69. The van der Waals surface area contributed by atoms with E-state index in [1.807, 2.05) is 55.5 Å². The summed E-state index contributed by atoms with van der Waals surface area (Å²) in [5.41, 5.74) is 2.68. The van der Waals surface area contributed by atoms with Crippen molar-refractivity contribution in [1.29, 1.82) is 0 Å². The first-order valence-electron chi connectivity index (χ1n) is 6.36. The number of carbonyl (C=O) groups excluding carboxylic acids is 1. The Morgan fingerprint density at radius 1 is 1.15 bits per heavy atom. The number of aryl methyl sites for hydroxylation is 1. The Bertz CT molecular complexity index is 654. The molecule has 0 aliphatic carbocycles. The van der Waals surface area contributed by atoms with E-state index in [0.29, 0.717) is 11.3 Å². The first kappa shape index (κ1) is 13.8. The Kier molecular flexibility index (Phi) is 4.51. The zero-order valence-electron chi connectivity index (χ0n) is 11.4. The molecule has 2 rings (SSSR count). The second-order valence-electron chi connectivity index (χ2n) is 4.42. The predicted octanol–water partition coefficient (Wildman–Crippen LogP) is 4.41. The van der Waals surface area contributed by atoms with Crippen LogP contribution in [0.4, 0.5) is 0 Å². The van der Waals surface area contributed by atoms with Gasteiger partial charge in [-0.1, -0.05) is 48.6 Å². The van der Waals surface area contributed by atoms with E-state index in [1.54, 1.807) is 12.2 Å². The molecule has 0 fully saturated rings. The number of ketones is 1. The van der Waals surface area contributed by atoms with Gasteiger partial charge in [0.2, 0.25) is 0 Å². The number of carbonyl (C=O) groups is 1. The first-order valence-corrected chi connectivity index (χ1v) is 6.36. The van der Waals surface area contributed by atoms with Gasteiger partial charge in [0.25, 0.3) is 0 Å². The van der Waals surface area contributed by atoms with E-state index in [2.05, 4.69) is 6.58 Å². The van der Waals surface area contributed by atoms with Gasteiger partial charge in [-0.15, -0.1) is 0 Å². The van der Waals surface area contributed by atoms with Gasteiger partial charge in [-0.05, 0) is 36.8 Å². The molecule has 20 heavy (non-hydrogen) atoms. The third-order valence-electron chi connectivity index (χ3n) is 2.81. The van der Waals surface area contributed by atoms with Crippen molar-refractivity contribution in [3.05, 3.63) is 84.1 Å². The third-order valence-corrected chi connectivity index (χ3v) is 2.81. The Morgan fingerprint density at radius 3 is 2.70 bits per heavy atom. The molecule has 0 atom stereocenters. The van der Waals surface area contributed by atoms with Crippen molar-refractivity contribution < 1.29 is 9.53 Å². The molecule has 0 aliphatic rings. The van der Waals surface area contributed by atoms with Crippen molar-refractivity contribution in [2.75, 3.05) is 0 Å². The highest BCUT2D eigenvalue weighted by atomic mass is 16.5. The van der Waals surface area contributed by atoms with Gasteiger partial charge in [0.1, 0.15) is 5.75 Å².